The van der Waals surface area contributed by atoms with E-state index in [1.54, 1.807) is 12.3 Å². The molecule has 18 heavy (non-hydrogen) atoms. The predicted octanol–water partition coefficient (Wildman–Crippen LogP) is 2.83. The van der Waals surface area contributed by atoms with Gasteiger partial charge in [-0.1, -0.05) is 0 Å². The molecule has 3 N–H and O–H groups in total. The molecular weight excluding hydrogens is 229 g/mol. The highest BCUT2D eigenvalue weighted by molar-refractivity contribution is 5.85. The van der Waals surface area contributed by atoms with Crippen molar-refractivity contribution in [1.82, 2.24) is 9.97 Å². The van der Waals surface area contributed by atoms with Crippen LogP contribution in [0.2, 0.25) is 0 Å². The maximum atomic E-state index is 13.1. The summed E-state index contributed by atoms with van der Waals surface area (Å²) in [6.07, 6.45) is 1.73. The molecule has 0 saturated heterocycles. The number of nitrogens with zero attached hydrogens (tertiary/aromatic N) is 1. The minimum absolute atomic E-state index is 0.239. The summed E-state index contributed by atoms with van der Waals surface area (Å²) in [5, 5.41) is 0.838. The number of H-pyrrole nitrogens is 1. The molecule has 0 aliphatic rings. The van der Waals surface area contributed by atoms with Crippen molar-refractivity contribution in [3.8, 4) is 11.4 Å². The molecule has 2 aromatic heterocycles. The van der Waals surface area contributed by atoms with E-state index in [9.17, 15) is 4.39 Å². The number of pyridine rings is 1. The molecule has 3 rings (SSSR count). The second kappa shape index (κ2) is 4.23. The summed E-state index contributed by atoms with van der Waals surface area (Å²) >= 11 is 0. The van der Waals surface area contributed by atoms with E-state index in [4.69, 9.17) is 5.73 Å². The quantitative estimate of drug-likeness (QED) is 0.724. The molecule has 0 radical (unpaired) electrons. The smallest absolute Gasteiger partial charge is 0.123 e. The number of nitrogens with two attached hydrogens (primary N) is 1. The van der Waals surface area contributed by atoms with Crippen molar-refractivity contribution in [1.29, 1.82) is 0 Å². The van der Waals surface area contributed by atoms with Gasteiger partial charge in [-0.2, -0.15) is 0 Å². The number of benzene rings is 1. The van der Waals surface area contributed by atoms with Crippen LogP contribution in [0.25, 0.3) is 22.3 Å². The topological polar surface area (TPSA) is 54.7 Å². The number of rotatable bonds is 2. The predicted molar refractivity (Wildman–Crippen MR) is 69.4 cm³/mol. The molecule has 4 heteroatoms. The fourth-order valence-corrected chi connectivity index (χ4v) is 1.99. The Morgan fingerprint density at radius 2 is 2.06 bits per heavy atom. The monoisotopic (exact) mass is 241 g/mol. The summed E-state index contributed by atoms with van der Waals surface area (Å²) in [6, 6.07) is 10.4. The average molecular weight is 241 g/mol. The second-order valence-corrected chi connectivity index (χ2v) is 4.17. The molecule has 0 atom stereocenters. The number of fused-ring (bicyclic) bond motifs is 1. The fourth-order valence-electron chi connectivity index (χ4n) is 1.99. The molecule has 0 aliphatic heterocycles. The molecule has 0 fully saturated rings. The van der Waals surface area contributed by atoms with Crippen molar-refractivity contribution in [2.24, 2.45) is 5.73 Å². The van der Waals surface area contributed by atoms with Gasteiger partial charge >= 0.3 is 0 Å². The second-order valence-electron chi connectivity index (χ2n) is 4.17. The number of aromatic amines is 1. The van der Waals surface area contributed by atoms with Crippen LogP contribution >= 0.6 is 0 Å². The largest absolute Gasteiger partial charge is 0.353 e. The lowest BCUT2D eigenvalue weighted by atomic mass is 10.2. The van der Waals surface area contributed by atoms with Crippen LogP contribution in [-0.2, 0) is 6.54 Å². The minimum Gasteiger partial charge on any atom is -0.353 e. The van der Waals surface area contributed by atoms with Crippen LogP contribution in [0.15, 0.2) is 42.6 Å². The normalized spacial score (nSPS) is 11.0. The van der Waals surface area contributed by atoms with Crippen LogP contribution in [0.5, 0.6) is 0 Å². The third kappa shape index (κ3) is 1.87. The van der Waals surface area contributed by atoms with Crippen molar-refractivity contribution in [3.63, 3.8) is 0 Å². The van der Waals surface area contributed by atoms with Crippen LogP contribution in [0.1, 0.15) is 5.56 Å². The van der Waals surface area contributed by atoms with E-state index >= 15 is 0 Å². The maximum absolute atomic E-state index is 13.1. The lowest BCUT2D eigenvalue weighted by Crippen LogP contribution is -1.97. The molecule has 0 unspecified atom stereocenters. The number of hydrogen-bond donors (Lipinski definition) is 2. The summed E-state index contributed by atoms with van der Waals surface area (Å²) in [5.41, 5.74) is 9.20. The Bertz CT molecular complexity index is 703. The van der Waals surface area contributed by atoms with Gasteiger partial charge in [0.15, 0.2) is 0 Å². The Labute approximate surface area is 103 Å². The van der Waals surface area contributed by atoms with Crippen molar-refractivity contribution in [2.75, 3.05) is 0 Å². The zero-order chi connectivity index (χ0) is 12.5. The van der Waals surface area contributed by atoms with Crippen molar-refractivity contribution < 1.29 is 4.39 Å². The zero-order valence-corrected chi connectivity index (χ0v) is 9.65. The Kier molecular flexibility index (Phi) is 2.57. The molecule has 0 saturated carbocycles. The molecule has 90 valence electrons. The first-order chi connectivity index (χ1) is 8.76. The highest BCUT2D eigenvalue weighted by Crippen LogP contribution is 2.23. The molecule has 0 spiro atoms. The van der Waals surface area contributed by atoms with E-state index in [-0.39, 0.29) is 5.82 Å². The first-order valence-electron chi connectivity index (χ1n) is 5.70. The van der Waals surface area contributed by atoms with Crippen molar-refractivity contribution >= 4 is 10.9 Å². The molecule has 0 amide bonds. The van der Waals surface area contributed by atoms with E-state index in [2.05, 4.69) is 9.97 Å². The highest BCUT2D eigenvalue weighted by Gasteiger charge is 2.05. The van der Waals surface area contributed by atoms with Gasteiger partial charge in [0.1, 0.15) is 5.82 Å². The van der Waals surface area contributed by atoms with Crippen LogP contribution < -0.4 is 5.73 Å². The maximum Gasteiger partial charge on any atom is 0.123 e. The lowest BCUT2D eigenvalue weighted by molar-refractivity contribution is 0.630. The molecule has 1 aromatic carbocycles. The standard InChI is InChI=1S/C14H12FN3/c15-11-1-2-12-10(6-11)7-14(18-12)13-5-9(8-16)3-4-17-13/h1-7,18H,8,16H2. The summed E-state index contributed by atoms with van der Waals surface area (Å²) in [4.78, 5) is 7.52. The van der Waals surface area contributed by atoms with Gasteiger partial charge in [-0.15, -0.1) is 0 Å². The van der Waals surface area contributed by atoms with Gasteiger partial charge < -0.3 is 10.7 Å². The summed E-state index contributed by atoms with van der Waals surface area (Å²) in [5.74, 6) is -0.239. The molecule has 2 heterocycles. The van der Waals surface area contributed by atoms with Crippen LogP contribution in [0.3, 0.4) is 0 Å². The van der Waals surface area contributed by atoms with E-state index in [1.165, 1.54) is 12.1 Å². The molecule has 0 aliphatic carbocycles. The van der Waals surface area contributed by atoms with Gasteiger partial charge in [-0.3, -0.25) is 4.98 Å². The Hall–Kier alpha value is -2.20. The van der Waals surface area contributed by atoms with Gasteiger partial charge in [0.05, 0.1) is 11.4 Å². The first kappa shape index (κ1) is 10.9. The average Bonchev–Trinajstić information content (AvgIpc) is 2.81. The number of halogens is 1. The highest BCUT2D eigenvalue weighted by atomic mass is 19.1. The fraction of sp³-hybridized carbons (Fsp3) is 0.0714. The number of nitrogens with one attached hydrogen (secondary N) is 1. The van der Waals surface area contributed by atoms with Crippen LogP contribution in [0.4, 0.5) is 4.39 Å². The minimum atomic E-state index is -0.239. The van der Waals surface area contributed by atoms with Gasteiger partial charge in [0.25, 0.3) is 0 Å². The Morgan fingerprint density at radius 1 is 1.17 bits per heavy atom. The first-order valence-corrected chi connectivity index (χ1v) is 5.70. The number of aromatic nitrogens is 2. The molecular formula is C14H12FN3. The molecule has 3 aromatic rings. The van der Waals surface area contributed by atoms with E-state index in [1.807, 2.05) is 18.2 Å². The van der Waals surface area contributed by atoms with E-state index < -0.39 is 0 Å². The Morgan fingerprint density at radius 3 is 2.89 bits per heavy atom. The van der Waals surface area contributed by atoms with Crippen molar-refractivity contribution in [2.45, 2.75) is 6.54 Å². The summed E-state index contributed by atoms with van der Waals surface area (Å²) < 4.78 is 13.1. The molecule has 0 bridgehead atoms. The van der Waals surface area contributed by atoms with E-state index in [0.717, 1.165) is 27.9 Å². The Balaban J connectivity index is 2.13. The van der Waals surface area contributed by atoms with Gasteiger partial charge in [-0.05, 0) is 42.0 Å². The van der Waals surface area contributed by atoms with Crippen molar-refractivity contribution in [3.05, 3.63) is 54.0 Å². The zero-order valence-electron chi connectivity index (χ0n) is 9.65. The summed E-state index contributed by atoms with van der Waals surface area (Å²) in [7, 11) is 0. The SMILES string of the molecule is NCc1ccnc(-c2cc3cc(F)ccc3[nH]2)c1. The lowest BCUT2D eigenvalue weighted by Gasteiger charge is -1.99. The number of hydrogen-bond acceptors (Lipinski definition) is 2. The third-order valence-corrected chi connectivity index (χ3v) is 2.92. The van der Waals surface area contributed by atoms with Gasteiger partial charge in [0, 0.05) is 23.6 Å². The van der Waals surface area contributed by atoms with Gasteiger partial charge in [-0.25, -0.2) is 4.39 Å². The van der Waals surface area contributed by atoms with Gasteiger partial charge in [0.2, 0.25) is 0 Å². The molecule has 3 nitrogen and oxygen atoms in total. The van der Waals surface area contributed by atoms with Crippen LogP contribution in [-0.4, -0.2) is 9.97 Å². The van der Waals surface area contributed by atoms with E-state index in [0.29, 0.717) is 6.54 Å². The van der Waals surface area contributed by atoms with Crippen LogP contribution in [0, 0.1) is 5.82 Å². The third-order valence-electron chi connectivity index (χ3n) is 2.92. The summed E-state index contributed by atoms with van der Waals surface area (Å²) in [6.45, 7) is 0.477.